The molecular formula is C10H18N2O3S. The van der Waals surface area contributed by atoms with Crippen molar-refractivity contribution in [2.24, 2.45) is 0 Å². The highest BCUT2D eigenvalue weighted by Gasteiger charge is 2.27. The second-order valence-electron chi connectivity index (χ2n) is 3.75. The van der Waals surface area contributed by atoms with Gasteiger partial charge in [0.05, 0.1) is 11.8 Å². The molecule has 0 fully saturated rings. The van der Waals surface area contributed by atoms with Gasteiger partial charge in [0.15, 0.2) is 9.84 Å². The van der Waals surface area contributed by atoms with E-state index in [0.29, 0.717) is 0 Å². The van der Waals surface area contributed by atoms with Crippen LogP contribution in [0.1, 0.15) is 13.8 Å². The molecule has 0 aliphatic carbocycles. The Morgan fingerprint density at radius 2 is 2.00 bits per heavy atom. The quantitative estimate of drug-likeness (QED) is 0.715. The molecule has 0 radical (unpaired) electrons. The lowest BCUT2D eigenvalue weighted by molar-refractivity contribution is 0.194. The van der Waals surface area contributed by atoms with Crippen molar-refractivity contribution in [3.63, 3.8) is 0 Å². The summed E-state index contributed by atoms with van der Waals surface area (Å²) in [7, 11) is -1.62. The van der Waals surface area contributed by atoms with E-state index < -0.39 is 21.1 Å². The van der Waals surface area contributed by atoms with Gasteiger partial charge in [0, 0.05) is 19.3 Å². The fraction of sp³-hybridized carbons (Fsp3) is 0.700. The molecular weight excluding hydrogens is 228 g/mol. The molecule has 2 amide bonds. The Labute approximate surface area is 97.1 Å². The lowest BCUT2D eigenvalue weighted by Crippen LogP contribution is -2.48. The maximum absolute atomic E-state index is 11.5. The van der Waals surface area contributed by atoms with Gasteiger partial charge in [-0.25, -0.2) is 13.2 Å². The number of nitrogens with zero attached hydrogens (tertiary/aromatic N) is 1. The first-order valence-corrected chi connectivity index (χ1v) is 6.80. The number of hydrogen-bond acceptors (Lipinski definition) is 3. The summed E-state index contributed by atoms with van der Waals surface area (Å²) >= 11 is 0. The van der Waals surface area contributed by atoms with Crippen molar-refractivity contribution >= 4 is 15.9 Å². The van der Waals surface area contributed by atoms with Gasteiger partial charge in [-0.1, -0.05) is 5.92 Å². The minimum atomic E-state index is -3.16. The van der Waals surface area contributed by atoms with E-state index >= 15 is 0 Å². The molecule has 0 aliphatic heterocycles. The summed E-state index contributed by atoms with van der Waals surface area (Å²) in [6.45, 7) is 3.38. The average Bonchev–Trinajstić information content (AvgIpc) is 2.21. The van der Waals surface area contributed by atoms with Crippen molar-refractivity contribution in [1.29, 1.82) is 0 Å². The van der Waals surface area contributed by atoms with E-state index in [9.17, 15) is 13.2 Å². The molecule has 2 atom stereocenters. The van der Waals surface area contributed by atoms with Gasteiger partial charge in [-0.2, -0.15) is 0 Å². The van der Waals surface area contributed by atoms with E-state index in [-0.39, 0.29) is 12.6 Å². The predicted molar refractivity (Wildman–Crippen MR) is 63.8 cm³/mol. The van der Waals surface area contributed by atoms with Crippen molar-refractivity contribution in [3.05, 3.63) is 0 Å². The molecule has 0 bridgehead atoms. The van der Waals surface area contributed by atoms with E-state index in [1.807, 2.05) is 0 Å². The van der Waals surface area contributed by atoms with Gasteiger partial charge in [0.25, 0.3) is 0 Å². The van der Waals surface area contributed by atoms with Crippen molar-refractivity contribution in [2.45, 2.75) is 25.1 Å². The van der Waals surface area contributed by atoms with Crippen LogP contribution in [-0.2, 0) is 9.84 Å². The first kappa shape index (κ1) is 14.8. The summed E-state index contributed by atoms with van der Waals surface area (Å²) in [4.78, 5) is 12.8. The largest absolute Gasteiger partial charge is 0.327 e. The second-order valence-corrected chi connectivity index (χ2v) is 6.15. The van der Waals surface area contributed by atoms with Gasteiger partial charge in [-0.05, 0) is 13.8 Å². The van der Waals surface area contributed by atoms with E-state index in [4.69, 9.17) is 6.42 Å². The monoisotopic (exact) mass is 246 g/mol. The van der Waals surface area contributed by atoms with Gasteiger partial charge < -0.3 is 10.2 Å². The number of carbonyl (C=O) groups excluding carboxylic acids is 1. The van der Waals surface area contributed by atoms with Crippen molar-refractivity contribution < 1.29 is 13.2 Å². The minimum absolute atomic E-state index is 0.128. The molecule has 0 unspecified atom stereocenters. The Balaban J connectivity index is 4.57. The van der Waals surface area contributed by atoms with Crippen LogP contribution in [0.25, 0.3) is 0 Å². The van der Waals surface area contributed by atoms with Gasteiger partial charge in [-0.3, -0.25) is 0 Å². The van der Waals surface area contributed by atoms with Gasteiger partial charge >= 0.3 is 6.03 Å². The smallest absolute Gasteiger partial charge is 0.318 e. The first-order chi connectivity index (χ1) is 7.21. The number of urea groups is 1. The normalized spacial score (nSPS) is 14.7. The molecule has 0 rings (SSSR count). The number of terminal acetylenes is 1. The standard InChI is InChI=1S/C10H18N2O3S/c1-6-7-11-10(13)12(4)8(2)9(3)16(5,14)15/h1,8-9H,7H2,2-5H3,(H,11,13)/t8-,9-/m0/s1. The van der Waals surface area contributed by atoms with Crippen molar-refractivity contribution in [2.75, 3.05) is 19.8 Å². The Hall–Kier alpha value is -1.22. The molecule has 5 nitrogen and oxygen atoms in total. The van der Waals surface area contributed by atoms with Crippen LogP contribution in [0.3, 0.4) is 0 Å². The molecule has 0 heterocycles. The zero-order chi connectivity index (χ0) is 12.9. The highest BCUT2D eigenvalue weighted by atomic mass is 32.2. The van der Waals surface area contributed by atoms with Crippen molar-refractivity contribution in [3.8, 4) is 12.3 Å². The third-order valence-corrected chi connectivity index (χ3v) is 4.37. The fourth-order valence-corrected chi connectivity index (χ4v) is 2.01. The molecule has 92 valence electrons. The molecule has 1 N–H and O–H groups in total. The number of amides is 2. The minimum Gasteiger partial charge on any atom is -0.327 e. The van der Waals surface area contributed by atoms with Gasteiger partial charge in [0.2, 0.25) is 0 Å². The summed E-state index contributed by atoms with van der Waals surface area (Å²) in [6, 6.07) is -0.784. The van der Waals surface area contributed by atoms with Crippen LogP contribution in [0, 0.1) is 12.3 Å². The topological polar surface area (TPSA) is 66.5 Å². The van der Waals surface area contributed by atoms with Crippen LogP contribution in [0.15, 0.2) is 0 Å². The maximum Gasteiger partial charge on any atom is 0.318 e. The summed E-state index contributed by atoms with van der Waals surface area (Å²) in [6.07, 6.45) is 6.16. The Morgan fingerprint density at radius 3 is 2.38 bits per heavy atom. The molecule has 0 aromatic carbocycles. The zero-order valence-electron chi connectivity index (χ0n) is 10.0. The maximum atomic E-state index is 11.5. The van der Waals surface area contributed by atoms with Crippen LogP contribution in [-0.4, -0.2) is 50.5 Å². The van der Waals surface area contributed by atoms with Crippen LogP contribution >= 0.6 is 0 Å². The zero-order valence-corrected chi connectivity index (χ0v) is 10.8. The number of carbonyl (C=O) groups is 1. The molecule has 0 aromatic heterocycles. The lowest BCUT2D eigenvalue weighted by Gasteiger charge is -2.28. The van der Waals surface area contributed by atoms with E-state index in [1.165, 1.54) is 11.9 Å². The summed E-state index contributed by atoms with van der Waals surface area (Å²) in [5.41, 5.74) is 0. The number of nitrogens with one attached hydrogen (secondary N) is 1. The average molecular weight is 246 g/mol. The molecule has 16 heavy (non-hydrogen) atoms. The molecule has 6 heteroatoms. The van der Waals surface area contributed by atoms with Crippen LogP contribution in [0.4, 0.5) is 4.79 Å². The van der Waals surface area contributed by atoms with Crippen LogP contribution < -0.4 is 5.32 Å². The Bertz CT molecular complexity index is 383. The number of hydrogen-bond donors (Lipinski definition) is 1. The number of sulfone groups is 1. The summed E-state index contributed by atoms with van der Waals surface area (Å²) in [5, 5.41) is 1.86. The highest BCUT2D eigenvalue weighted by molar-refractivity contribution is 7.91. The Kier molecular flexibility index (Phi) is 5.31. The lowest BCUT2D eigenvalue weighted by atomic mass is 10.2. The van der Waals surface area contributed by atoms with Crippen LogP contribution in [0.2, 0.25) is 0 Å². The van der Waals surface area contributed by atoms with Gasteiger partial charge in [0.1, 0.15) is 0 Å². The first-order valence-electron chi connectivity index (χ1n) is 4.84. The van der Waals surface area contributed by atoms with E-state index in [0.717, 1.165) is 6.26 Å². The van der Waals surface area contributed by atoms with Gasteiger partial charge in [-0.15, -0.1) is 6.42 Å². The highest BCUT2D eigenvalue weighted by Crippen LogP contribution is 2.09. The summed E-state index contributed by atoms with van der Waals surface area (Å²) in [5.74, 6) is 2.28. The molecule has 0 aromatic rings. The number of rotatable bonds is 4. The summed E-state index contributed by atoms with van der Waals surface area (Å²) < 4.78 is 22.6. The molecule has 0 saturated carbocycles. The Morgan fingerprint density at radius 1 is 1.50 bits per heavy atom. The second kappa shape index (κ2) is 5.75. The predicted octanol–water partition coefficient (Wildman–Crippen LogP) is 0.0826. The molecule has 0 aliphatic rings. The molecule has 0 spiro atoms. The molecule has 0 saturated heterocycles. The van der Waals surface area contributed by atoms with Crippen molar-refractivity contribution in [1.82, 2.24) is 10.2 Å². The van der Waals surface area contributed by atoms with Crippen LogP contribution in [0.5, 0.6) is 0 Å². The third-order valence-electron chi connectivity index (χ3n) is 2.63. The van der Waals surface area contributed by atoms with E-state index in [1.54, 1.807) is 13.8 Å². The SMILES string of the molecule is C#CCNC(=O)N(C)[C@@H](C)[C@H](C)S(C)(=O)=O. The third kappa shape index (κ3) is 4.11. The van der Waals surface area contributed by atoms with E-state index in [2.05, 4.69) is 11.2 Å². The fourth-order valence-electron chi connectivity index (χ4n) is 1.11.